The number of nitrogens with one attached hydrogen (secondary N) is 2. The predicted octanol–water partition coefficient (Wildman–Crippen LogP) is 2.76. The van der Waals surface area contributed by atoms with Crippen molar-refractivity contribution in [1.29, 1.82) is 0 Å². The number of carbonyl (C=O) groups is 1. The lowest BCUT2D eigenvalue weighted by molar-refractivity contribution is -0.157. The molecule has 0 radical (unpaired) electrons. The minimum Gasteiger partial charge on any atom is -0.356 e. The van der Waals surface area contributed by atoms with Gasteiger partial charge in [-0.15, -0.1) is 24.0 Å². The van der Waals surface area contributed by atoms with E-state index in [0.717, 1.165) is 20.0 Å². The van der Waals surface area contributed by atoms with Crippen LogP contribution in [0, 0.1) is 5.41 Å². The molecule has 0 aromatic carbocycles. The van der Waals surface area contributed by atoms with Crippen molar-refractivity contribution < 1.29 is 18.0 Å². The Bertz CT molecular complexity index is 423. The fourth-order valence-electron chi connectivity index (χ4n) is 2.92. The van der Waals surface area contributed by atoms with Crippen molar-refractivity contribution in [3.63, 3.8) is 0 Å². The van der Waals surface area contributed by atoms with Gasteiger partial charge < -0.3 is 15.5 Å². The molecule has 0 bridgehead atoms. The molecule has 1 aliphatic carbocycles. The summed E-state index contributed by atoms with van der Waals surface area (Å²) in [7, 11) is 2.71. The zero-order valence-corrected chi connectivity index (χ0v) is 16.8. The van der Waals surface area contributed by atoms with Gasteiger partial charge in [0.1, 0.15) is 6.54 Å². The van der Waals surface area contributed by atoms with Gasteiger partial charge in [0, 0.05) is 20.6 Å². The van der Waals surface area contributed by atoms with Crippen LogP contribution < -0.4 is 10.6 Å². The Kier molecular flexibility index (Phi) is 9.98. The zero-order valence-electron chi connectivity index (χ0n) is 14.5. The first kappa shape index (κ1) is 23.3. The van der Waals surface area contributed by atoms with Crippen LogP contribution in [-0.4, -0.2) is 56.7 Å². The predicted molar refractivity (Wildman–Crippen MR) is 99.7 cm³/mol. The molecule has 9 heteroatoms. The first-order valence-corrected chi connectivity index (χ1v) is 7.96. The number of likely N-dealkylation sites (N-methyl/N-ethyl adjacent to an activating group) is 1. The Balaban J connectivity index is 0.00000529. The van der Waals surface area contributed by atoms with Gasteiger partial charge >= 0.3 is 6.18 Å². The smallest absolute Gasteiger partial charge is 0.356 e. The number of aliphatic imine (C=N–C) groups is 1. The van der Waals surface area contributed by atoms with Crippen LogP contribution in [0.4, 0.5) is 13.2 Å². The Labute approximate surface area is 158 Å². The molecule has 0 aromatic heterocycles. The third kappa shape index (κ3) is 7.89. The van der Waals surface area contributed by atoms with Crippen LogP contribution in [-0.2, 0) is 4.79 Å². The molecule has 0 aliphatic heterocycles. The summed E-state index contributed by atoms with van der Waals surface area (Å²) in [6, 6.07) is 0. The average Bonchev–Trinajstić information content (AvgIpc) is 2.94. The number of guanidine groups is 1. The second-order valence-corrected chi connectivity index (χ2v) is 6.20. The van der Waals surface area contributed by atoms with Crippen molar-refractivity contribution in [2.24, 2.45) is 10.4 Å². The van der Waals surface area contributed by atoms with E-state index in [0.29, 0.717) is 10.9 Å². The molecule has 24 heavy (non-hydrogen) atoms. The van der Waals surface area contributed by atoms with Crippen LogP contribution >= 0.6 is 24.0 Å². The van der Waals surface area contributed by atoms with Gasteiger partial charge in [-0.2, -0.15) is 13.2 Å². The first-order valence-electron chi connectivity index (χ1n) is 7.96. The fraction of sp³-hybridized carbons (Fsp3) is 0.867. The summed E-state index contributed by atoms with van der Waals surface area (Å²) in [5, 5.41) is 5.97. The van der Waals surface area contributed by atoms with Crippen molar-refractivity contribution in [3.05, 3.63) is 0 Å². The number of halogens is 4. The van der Waals surface area contributed by atoms with Crippen molar-refractivity contribution in [2.75, 3.05) is 33.7 Å². The quantitative estimate of drug-likeness (QED) is 0.361. The third-order valence-corrected chi connectivity index (χ3v) is 4.52. The van der Waals surface area contributed by atoms with E-state index < -0.39 is 18.6 Å². The summed E-state index contributed by atoms with van der Waals surface area (Å²) in [4.78, 5) is 16.4. The highest BCUT2D eigenvalue weighted by Crippen LogP contribution is 2.40. The number of hydrogen-bond acceptors (Lipinski definition) is 2. The standard InChI is InChI=1S/C15H27F3N4O.HI/c1-4-14(7-5-6-8-14)10-21-13(19-2)20-9-12(23)22(3)11-15(16,17)18;/h4-11H2,1-3H3,(H2,19,20,21);1H. The molecule has 0 saturated heterocycles. The van der Waals surface area contributed by atoms with Crippen LogP contribution in [0.2, 0.25) is 0 Å². The summed E-state index contributed by atoms with van der Waals surface area (Å²) in [5.41, 5.74) is 0.259. The minimum absolute atomic E-state index is 0. The van der Waals surface area contributed by atoms with Crippen molar-refractivity contribution in [3.8, 4) is 0 Å². The molecule has 1 aliphatic rings. The van der Waals surface area contributed by atoms with E-state index in [9.17, 15) is 18.0 Å². The number of carbonyl (C=O) groups excluding carboxylic acids is 1. The molecular formula is C15H28F3IN4O. The number of amides is 1. The van der Waals surface area contributed by atoms with E-state index in [2.05, 4.69) is 22.5 Å². The van der Waals surface area contributed by atoms with E-state index in [1.165, 1.54) is 25.7 Å². The van der Waals surface area contributed by atoms with E-state index in [1.807, 2.05) is 0 Å². The van der Waals surface area contributed by atoms with Gasteiger partial charge in [0.25, 0.3) is 0 Å². The topological polar surface area (TPSA) is 56.7 Å². The molecule has 1 amide bonds. The van der Waals surface area contributed by atoms with Gasteiger partial charge in [0.2, 0.25) is 5.91 Å². The van der Waals surface area contributed by atoms with Crippen molar-refractivity contribution in [2.45, 2.75) is 45.2 Å². The molecule has 1 rings (SSSR count). The Morgan fingerprint density at radius 3 is 2.29 bits per heavy atom. The molecule has 5 nitrogen and oxygen atoms in total. The summed E-state index contributed by atoms with van der Waals surface area (Å²) in [5.74, 6) is -0.185. The molecule has 0 aromatic rings. The first-order chi connectivity index (χ1) is 10.7. The van der Waals surface area contributed by atoms with Gasteiger partial charge in [0.15, 0.2) is 5.96 Å². The Morgan fingerprint density at radius 2 is 1.83 bits per heavy atom. The zero-order chi connectivity index (χ0) is 17.5. The Hall–Kier alpha value is -0.740. The van der Waals surface area contributed by atoms with Gasteiger partial charge in [-0.3, -0.25) is 9.79 Å². The average molecular weight is 464 g/mol. The van der Waals surface area contributed by atoms with Gasteiger partial charge in [-0.05, 0) is 24.7 Å². The summed E-state index contributed by atoms with van der Waals surface area (Å²) < 4.78 is 36.8. The monoisotopic (exact) mass is 464 g/mol. The number of rotatable bonds is 6. The number of alkyl halides is 3. The van der Waals surface area contributed by atoms with Gasteiger partial charge in [0.05, 0.1) is 6.54 Å². The normalized spacial score (nSPS) is 17.2. The van der Waals surface area contributed by atoms with Gasteiger partial charge in [-0.1, -0.05) is 19.8 Å². The highest BCUT2D eigenvalue weighted by molar-refractivity contribution is 14.0. The molecule has 0 spiro atoms. The summed E-state index contributed by atoms with van der Waals surface area (Å²) in [6.07, 6.45) is 1.47. The lowest BCUT2D eigenvalue weighted by Gasteiger charge is -2.28. The summed E-state index contributed by atoms with van der Waals surface area (Å²) in [6.45, 7) is 1.46. The summed E-state index contributed by atoms with van der Waals surface area (Å²) >= 11 is 0. The molecule has 142 valence electrons. The molecule has 2 N–H and O–H groups in total. The number of hydrogen-bond donors (Lipinski definition) is 2. The molecule has 0 atom stereocenters. The van der Waals surface area contributed by atoms with Crippen LogP contribution in [0.3, 0.4) is 0 Å². The number of nitrogens with zero attached hydrogens (tertiary/aromatic N) is 2. The van der Waals surface area contributed by atoms with E-state index in [-0.39, 0.29) is 35.9 Å². The highest BCUT2D eigenvalue weighted by Gasteiger charge is 2.32. The van der Waals surface area contributed by atoms with E-state index in [1.54, 1.807) is 7.05 Å². The molecule has 0 unspecified atom stereocenters. The van der Waals surface area contributed by atoms with E-state index in [4.69, 9.17) is 0 Å². The van der Waals surface area contributed by atoms with Crippen molar-refractivity contribution >= 4 is 35.8 Å². The maximum absolute atomic E-state index is 12.3. The molecule has 1 fully saturated rings. The molecule has 0 heterocycles. The van der Waals surface area contributed by atoms with E-state index >= 15 is 0 Å². The van der Waals surface area contributed by atoms with Gasteiger partial charge in [-0.25, -0.2) is 0 Å². The maximum atomic E-state index is 12.3. The second-order valence-electron chi connectivity index (χ2n) is 6.20. The Morgan fingerprint density at radius 1 is 1.25 bits per heavy atom. The maximum Gasteiger partial charge on any atom is 0.406 e. The van der Waals surface area contributed by atoms with Crippen LogP contribution in [0.25, 0.3) is 0 Å². The van der Waals surface area contributed by atoms with Crippen LogP contribution in [0.1, 0.15) is 39.0 Å². The van der Waals surface area contributed by atoms with Crippen LogP contribution in [0.15, 0.2) is 4.99 Å². The SMILES string of the molecule is CCC1(CNC(=NC)NCC(=O)N(C)CC(F)(F)F)CCCC1.I. The van der Waals surface area contributed by atoms with Crippen molar-refractivity contribution in [1.82, 2.24) is 15.5 Å². The minimum atomic E-state index is -4.39. The lowest BCUT2D eigenvalue weighted by atomic mass is 9.83. The second kappa shape index (κ2) is 10.3. The van der Waals surface area contributed by atoms with Crippen LogP contribution in [0.5, 0.6) is 0 Å². The fourth-order valence-corrected chi connectivity index (χ4v) is 2.92. The largest absolute Gasteiger partial charge is 0.406 e. The lowest BCUT2D eigenvalue weighted by Crippen LogP contribution is -2.47. The molecule has 1 saturated carbocycles. The molecular weight excluding hydrogens is 436 g/mol. The highest BCUT2D eigenvalue weighted by atomic mass is 127. The third-order valence-electron chi connectivity index (χ3n) is 4.52.